The second kappa shape index (κ2) is 28.6. The van der Waals surface area contributed by atoms with Gasteiger partial charge in [0.15, 0.2) is 0 Å². The molecule has 0 aromatic heterocycles. The summed E-state index contributed by atoms with van der Waals surface area (Å²) in [7, 11) is 0. The molecule has 1 unspecified atom stereocenters. The van der Waals surface area contributed by atoms with Crippen LogP contribution in [0.4, 0.5) is 0 Å². The molecule has 3 aromatic rings. The van der Waals surface area contributed by atoms with Crippen molar-refractivity contribution in [2.75, 3.05) is 66.0 Å². The van der Waals surface area contributed by atoms with Crippen molar-refractivity contribution in [2.45, 2.75) is 25.3 Å². The number of unbranched alkanes of at least 4 members (excludes halogenated alkanes) is 1. The van der Waals surface area contributed by atoms with Crippen LogP contribution < -0.4 is 29.6 Å². The van der Waals surface area contributed by atoms with Gasteiger partial charge in [-0.15, -0.1) is 15.8 Å². The van der Waals surface area contributed by atoms with Crippen LogP contribution >= 0.6 is 0 Å². The van der Waals surface area contributed by atoms with Gasteiger partial charge in [0.2, 0.25) is 11.8 Å². The monoisotopic (exact) mass is 859 g/mol. The largest absolute Gasteiger partial charge is 0.462 e. The van der Waals surface area contributed by atoms with Crippen molar-refractivity contribution in [3.63, 3.8) is 0 Å². The summed E-state index contributed by atoms with van der Waals surface area (Å²) in [5, 5.41) is 30.8. The van der Waals surface area contributed by atoms with E-state index in [0.717, 1.165) is 0 Å². The lowest BCUT2D eigenvalue weighted by atomic mass is 10.1. The average Bonchev–Trinajstić information content (AvgIpc) is 3.26. The van der Waals surface area contributed by atoms with E-state index in [1.54, 1.807) is 0 Å². The molecule has 0 heterocycles. The summed E-state index contributed by atoms with van der Waals surface area (Å²) in [6, 6.07) is 16.0. The van der Waals surface area contributed by atoms with Gasteiger partial charge in [-0.3, -0.25) is 9.59 Å². The number of esters is 4. The van der Waals surface area contributed by atoms with Gasteiger partial charge in [0, 0.05) is 6.54 Å². The van der Waals surface area contributed by atoms with E-state index in [1.165, 1.54) is 91.6 Å². The molecule has 0 aliphatic rings. The molecule has 2 amide bonds. The van der Waals surface area contributed by atoms with Gasteiger partial charge in [-0.1, -0.05) is 0 Å². The first kappa shape index (κ1) is 48.6. The number of nitrogens with zero attached hydrogens (tertiary/aromatic N) is 3. The van der Waals surface area contributed by atoms with Crippen LogP contribution in [0.1, 0.15) is 40.0 Å². The van der Waals surface area contributed by atoms with Crippen molar-refractivity contribution >= 4 is 35.7 Å². The third-order valence-electron chi connectivity index (χ3n) is 7.67. The number of rotatable bonds is 28. The summed E-state index contributed by atoms with van der Waals surface area (Å²) >= 11 is 0. The first-order valence-electron chi connectivity index (χ1n) is 18.6. The number of benzene rings is 3. The lowest BCUT2D eigenvalue weighted by molar-refractivity contribution is -0.151. The Morgan fingerprint density at radius 3 is 1.45 bits per heavy atom. The first-order chi connectivity index (χ1) is 30.1. The number of hydrogen-bond donors (Lipinski definition) is 2. The van der Waals surface area contributed by atoms with Crippen LogP contribution in [0.25, 0.3) is 0 Å². The maximum atomic E-state index is 13.0. The van der Waals surface area contributed by atoms with E-state index in [0.29, 0.717) is 12.8 Å². The minimum Gasteiger partial charge on any atom is -0.462 e. The Morgan fingerprint density at radius 2 is 0.952 bits per heavy atom. The quantitative estimate of drug-likeness (QED) is 0.0348. The smallest absolute Gasteiger partial charge is 0.338 e. The SMILES string of the molecule is N#COc1ccc(OC(=O)COCCOC(=O)C(CCCCNC(=O)COCCOC(=O)c2ccc(OC#N)cc2)NC(=O)COCCOC(=O)c2ccc(OC#N)cc2)cc1. The molecule has 3 aromatic carbocycles. The minimum atomic E-state index is -1.12. The lowest BCUT2D eigenvalue weighted by Crippen LogP contribution is -2.44. The molecule has 0 saturated carbocycles. The molecule has 0 radical (unpaired) electrons. The highest BCUT2D eigenvalue weighted by Crippen LogP contribution is 2.18. The number of carbonyl (C=O) groups excluding carboxylic acids is 6. The molecule has 3 rings (SSSR count). The van der Waals surface area contributed by atoms with E-state index in [1.807, 2.05) is 0 Å². The van der Waals surface area contributed by atoms with Crippen LogP contribution in [-0.4, -0.2) is 108 Å². The molecule has 0 aliphatic heterocycles. The molecule has 1 atom stereocenters. The number of ether oxygens (including phenoxy) is 10. The molecule has 0 bridgehead atoms. The molecular weight excluding hydrogens is 818 g/mol. The predicted octanol–water partition coefficient (Wildman–Crippen LogP) is 2.25. The maximum absolute atomic E-state index is 13.0. The summed E-state index contributed by atoms with van der Waals surface area (Å²) in [5.41, 5.74) is 0.438. The van der Waals surface area contributed by atoms with Gasteiger partial charge in [-0.05, 0) is 92.1 Å². The van der Waals surface area contributed by atoms with Crippen molar-refractivity contribution in [1.82, 2.24) is 10.6 Å². The van der Waals surface area contributed by atoms with E-state index in [-0.39, 0.29) is 93.3 Å². The average molecular weight is 860 g/mol. The predicted molar refractivity (Wildman–Crippen MR) is 206 cm³/mol. The first-order valence-corrected chi connectivity index (χ1v) is 18.6. The van der Waals surface area contributed by atoms with Crippen molar-refractivity contribution in [3.8, 4) is 41.8 Å². The maximum Gasteiger partial charge on any atom is 0.338 e. The van der Waals surface area contributed by atoms with E-state index in [9.17, 15) is 28.8 Å². The third-order valence-corrected chi connectivity index (χ3v) is 7.67. The van der Waals surface area contributed by atoms with Gasteiger partial charge in [0.1, 0.15) is 68.7 Å². The molecule has 0 saturated heterocycles. The third kappa shape index (κ3) is 19.8. The van der Waals surface area contributed by atoms with Crippen LogP contribution in [0.15, 0.2) is 72.8 Å². The van der Waals surface area contributed by atoms with Gasteiger partial charge in [0.05, 0.1) is 30.9 Å². The lowest BCUT2D eigenvalue weighted by Gasteiger charge is -2.18. The molecule has 326 valence electrons. The van der Waals surface area contributed by atoms with Crippen molar-refractivity contribution in [1.29, 1.82) is 15.8 Å². The summed E-state index contributed by atoms with van der Waals surface area (Å²) in [4.78, 5) is 74.3. The summed E-state index contributed by atoms with van der Waals surface area (Å²) in [6.45, 7) is -1.99. The highest BCUT2D eigenvalue weighted by atomic mass is 16.6. The standard InChI is InChI=1S/C41H41N5O16/c42-26-59-31-8-4-29(5-9-31)39(50)56-20-17-53-23-36(47)45-16-2-1-3-35(41(52)58-22-19-55-25-38(49)62-34-14-12-33(13-15-34)61-28-44)46-37(48)24-54-18-21-57-40(51)30-6-10-32(11-7-30)60-27-43/h4-15,35H,1-3,16-25H2,(H,45,47)(H,46,48). The van der Waals surface area contributed by atoms with Gasteiger partial charge in [-0.2, -0.15) is 0 Å². The fourth-order valence-electron chi connectivity index (χ4n) is 4.79. The Morgan fingerprint density at radius 1 is 0.516 bits per heavy atom. The zero-order valence-electron chi connectivity index (χ0n) is 33.1. The van der Waals surface area contributed by atoms with Crippen LogP contribution in [0.5, 0.6) is 23.0 Å². The zero-order valence-corrected chi connectivity index (χ0v) is 33.1. The molecule has 62 heavy (non-hydrogen) atoms. The van der Waals surface area contributed by atoms with E-state index in [4.69, 9.17) is 48.9 Å². The molecule has 2 N–H and O–H groups in total. The van der Waals surface area contributed by atoms with Crippen LogP contribution in [0.2, 0.25) is 0 Å². The molecule has 0 spiro atoms. The van der Waals surface area contributed by atoms with E-state index in [2.05, 4.69) is 24.8 Å². The Labute approximate surface area is 354 Å². The second-order valence-electron chi connectivity index (χ2n) is 12.1. The van der Waals surface area contributed by atoms with Crippen molar-refractivity contribution < 1.29 is 76.1 Å². The topological polar surface area (TPSA) is 290 Å². The molecule has 0 aliphatic carbocycles. The molecular formula is C41H41N5O16. The fraction of sp³-hybridized carbons (Fsp3) is 0.341. The molecule has 21 nitrogen and oxygen atoms in total. The van der Waals surface area contributed by atoms with E-state index < -0.39 is 54.9 Å². The summed E-state index contributed by atoms with van der Waals surface area (Å²) < 4.78 is 50.3. The van der Waals surface area contributed by atoms with Crippen molar-refractivity contribution in [3.05, 3.63) is 83.9 Å². The number of nitrogens with one attached hydrogen (secondary N) is 2. The van der Waals surface area contributed by atoms with Gasteiger partial charge in [-0.25, -0.2) is 19.2 Å². The Bertz CT molecular complexity index is 2040. The number of hydrogen-bond acceptors (Lipinski definition) is 19. The van der Waals surface area contributed by atoms with Gasteiger partial charge in [0.25, 0.3) is 18.8 Å². The fourth-order valence-corrected chi connectivity index (χ4v) is 4.79. The Balaban J connectivity index is 1.36. The van der Waals surface area contributed by atoms with Crippen LogP contribution in [0.3, 0.4) is 0 Å². The van der Waals surface area contributed by atoms with E-state index >= 15 is 0 Å². The van der Waals surface area contributed by atoms with Crippen LogP contribution in [0, 0.1) is 34.6 Å². The second-order valence-corrected chi connectivity index (χ2v) is 12.1. The highest BCUT2D eigenvalue weighted by molar-refractivity contribution is 5.90. The normalized spacial score (nSPS) is 10.6. The Kier molecular flexibility index (Phi) is 22.4. The Hall–Kier alpha value is -7.77. The summed E-state index contributed by atoms with van der Waals surface area (Å²) in [6.07, 6.45) is 5.42. The number of carbonyl (C=O) groups is 6. The minimum absolute atomic E-state index is 0.0482. The molecule has 0 fully saturated rings. The number of nitriles is 3. The zero-order chi connectivity index (χ0) is 44.8. The number of amides is 2. The van der Waals surface area contributed by atoms with Gasteiger partial charge >= 0.3 is 23.9 Å². The van der Waals surface area contributed by atoms with Gasteiger partial charge < -0.3 is 58.0 Å². The highest BCUT2D eigenvalue weighted by Gasteiger charge is 2.22. The van der Waals surface area contributed by atoms with Crippen molar-refractivity contribution in [2.24, 2.45) is 0 Å². The van der Waals surface area contributed by atoms with Crippen LogP contribution in [-0.2, 0) is 47.6 Å². The molecule has 21 heteroatoms. The summed E-state index contributed by atoms with van der Waals surface area (Å²) in [5.74, 6) is -2.97.